The van der Waals surface area contributed by atoms with Crippen LogP contribution in [0.3, 0.4) is 0 Å². The highest BCUT2D eigenvalue weighted by molar-refractivity contribution is 7.89. The number of hydrogen-bond donors (Lipinski definition) is 0. The highest BCUT2D eigenvalue weighted by Gasteiger charge is 2.52. The maximum atomic E-state index is 14.1. The van der Waals surface area contributed by atoms with Gasteiger partial charge in [0.25, 0.3) is 0 Å². The lowest BCUT2D eigenvalue weighted by molar-refractivity contribution is -0.167. The molecule has 1 aromatic carbocycles. The van der Waals surface area contributed by atoms with Crippen LogP contribution in [0.1, 0.15) is 51.9 Å². The molecule has 35 heavy (non-hydrogen) atoms. The predicted octanol–water partition coefficient (Wildman–Crippen LogP) is 4.95. The molecule has 2 heterocycles. The van der Waals surface area contributed by atoms with Gasteiger partial charge in [-0.05, 0) is 51.2 Å². The largest absolute Gasteiger partial charge is 0.465 e. The third-order valence-corrected chi connectivity index (χ3v) is 9.21. The number of pyridine rings is 1. The lowest BCUT2D eigenvalue weighted by atomic mass is 9.97. The molecule has 1 aliphatic carbocycles. The molecular formula is C24H30Cl2N2O6S. The first-order valence-electron chi connectivity index (χ1n) is 12.0. The van der Waals surface area contributed by atoms with E-state index in [1.54, 1.807) is 13.0 Å². The van der Waals surface area contributed by atoms with E-state index in [-0.39, 0.29) is 36.1 Å². The van der Waals surface area contributed by atoms with Crippen molar-refractivity contribution >= 4 is 50.0 Å². The normalized spacial score (nSPS) is 20.4. The molecule has 0 amide bonds. The van der Waals surface area contributed by atoms with Crippen molar-refractivity contribution in [1.82, 2.24) is 9.29 Å². The minimum absolute atomic E-state index is 0.000423. The second-order valence-corrected chi connectivity index (χ2v) is 11.4. The molecule has 0 spiro atoms. The molecule has 1 atom stereocenters. The van der Waals surface area contributed by atoms with E-state index in [0.717, 1.165) is 32.1 Å². The Bertz CT molecular complexity index is 1160. The van der Waals surface area contributed by atoms with Gasteiger partial charge in [0.2, 0.25) is 10.0 Å². The van der Waals surface area contributed by atoms with Gasteiger partial charge in [0.05, 0.1) is 23.1 Å². The zero-order chi connectivity index (χ0) is 25.1. The number of ether oxygens (including phenoxy) is 3. The second kappa shape index (κ2) is 11.3. The summed E-state index contributed by atoms with van der Waals surface area (Å²) in [5.41, 5.74) is -1.29. The zero-order valence-corrected chi connectivity index (χ0v) is 22.0. The average molecular weight is 545 g/mol. The van der Waals surface area contributed by atoms with Crippen LogP contribution >= 0.6 is 23.2 Å². The fraction of sp³-hybridized carbons (Fsp3) is 0.583. The molecule has 4 rings (SSSR count). The van der Waals surface area contributed by atoms with Crippen LogP contribution in [0.15, 0.2) is 29.3 Å². The molecule has 1 saturated carbocycles. The summed E-state index contributed by atoms with van der Waals surface area (Å²) in [6.07, 6.45) is 5.99. The molecular weight excluding hydrogens is 515 g/mol. The summed E-state index contributed by atoms with van der Waals surface area (Å²) in [4.78, 5) is 17.3. The summed E-state index contributed by atoms with van der Waals surface area (Å²) in [5.74, 6) is -0.529. The SMILES string of the molecule is CCOC(=O)C1(N(CCOC2CCCCO2)S(=O)(=O)c2ccc3c(Cl)cnc(Cl)c3c2)CCCC1. The van der Waals surface area contributed by atoms with Crippen LogP contribution < -0.4 is 0 Å². The Hall–Kier alpha value is -1.49. The van der Waals surface area contributed by atoms with Gasteiger partial charge in [0, 0.05) is 30.1 Å². The molecule has 2 aliphatic rings. The highest BCUT2D eigenvalue weighted by Crippen LogP contribution is 2.40. The molecule has 1 aliphatic heterocycles. The first-order valence-corrected chi connectivity index (χ1v) is 14.2. The van der Waals surface area contributed by atoms with Crippen LogP contribution in [0.5, 0.6) is 0 Å². The Morgan fingerprint density at radius 1 is 1.20 bits per heavy atom. The lowest BCUT2D eigenvalue weighted by Crippen LogP contribution is -2.57. The van der Waals surface area contributed by atoms with Gasteiger partial charge in [-0.3, -0.25) is 4.79 Å². The van der Waals surface area contributed by atoms with Crippen molar-refractivity contribution < 1.29 is 27.4 Å². The number of fused-ring (bicyclic) bond motifs is 1. The van der Waals surface area contributed by atoms with Crippen molar-refractivity contribution in [3.63, 3.8) is 0 Å². The number of carbonyl (C=O) groups excluding carboxylic acids is 1. The third-order valence-electron chi connectivity index (χ3n) is 6.65. The van der Waals surface area contributed by atoms with Crippen LogP contribution in [0, 0.1) is 0 Å². The van der Waals surface area contributed by atoms with Crippen LogP contribution in [-0.4, -0.2) is 61.9 Å². The predicted molar refractivity (Wildman–Crippen MR) is 133 cm³/mol. The Morgan fingerprint density at radius 2 is 1.97 bits per heavy atom. The Balaban J connectivity index is 1.71. The Kier molecular flexibility index (Phi) is 8.56. The fourth-order valence-electron chi connectivity index (χ4n) is 4.90. The van der Waals surface area contributed by atoms with Crippen molar-refractivity contribution in [1.29, 1.82) is 0 Å². The molecule has 8 nitrogen and oxygen atoms in total. The molecule has 11 heteroatoms. The summed E-state index contributed by atoms with van der Waals surface area (Å²) in [7, 11) is -4.15. The molecule has 1 saturated heterocycles. The van der Waals surface area contributed by atoms with E-state index < -0.39 is 21.5 Å². The van der Waals surface area contributed by atoms with Crippen molar-refractivity contribution in [2.45, 2.75) is 68.6 Å². The van der Waals surface area contributed by atoms with Gasteiger partial charge < -0.3 is 14.2 Å². The van der Waals surface area contributed by atoms with E-state index in [9.17, 15) is 13.2 Å². The average Bonchev–Trinajstić information content (AvgIpc) is 3.35. The number of hydrogen-bond acceptors (Lipinski definition) is 7. The molecule has 0 bridgehead atoms. The third kappa shape index (κ3) is 5.45. The van der Waals surface area contributed by atoms with E-state index in [1.807, 2.05) is 0 Å². The molecule has 0 radical (unpaired) electrons. The minimum Gasteiger partial charge on any atom is -0.465 e. The number of nitrogens with zero attached hydrogens (tertiary/aromatic N) is 2. The van der Waals surface area contributed by atoms with Gasteiger partial charge in [0.15, 0.2) is 6.29 Å². The highest BCUT2D eigenvalue weighted by atomic mass is 35.5. The van der Waals surface area contributed by atoms with Crippen molar-refractivity contribution in [3.8, 4) is 0 Å². The van der Waals surface area contributed by atoms with Gasteiger partial charge >= 0.3 is 5.97 Å². The fourth-order valence-corrected chi connectivity index (χ4v) is 7.11. The van der Waals surface area contributed by atoms with E-state index in [4.69, 9.17) is 37.4 Å². The number of rotatable bonds is 9. The zero-order valence-electron chi connectivity index (χ0n) is 19.7. The number of halogens is 2. The smallest absolute Gasteiger partial charge is 0.327 e. The number of carbonyl (C=O) groups is 1. The van der Waals surface area contributed by atoms with E-state index in [1.165, 1.54) is 22.6 Å². The van der Waals surface area contributed by atoms with Crippen LogP contribution in [-0.2, 0) is 29.0 Å². The molecule has 2 aromatic rings. The van der Waals surface area contributed by atoms with E-state index in [0.29, 0.717) is 35.2 Å². The summed E-state index contributed by atoms with van der Waals surface area (Å²) >= 11 is 12.5. The van der Waals surface area contributed by atoms with Gasteiger partial charge in [-0.2, -0.15) is 4.31 Å². The second-order valence-electron chi connectivity index (χ2n) is 8.81. The summed E-state index contributed by atoms with van der Waals surface area (Å²) < 4.78 is 46.3. The van der Waals surface area contributed by atoms with Gasteiger partial charge in [-0.15, -0.1) is 0 Å². The summed E-state index contributed by atoms with van der Waals surface area (Å²) in [6, 6.07) is 4.54. The first-order chi connectivity index (χ1) is 16.8. The van der Waals surface area contributed by atoms with Crippen molar-refractivity contribution in [2.24, 2.45) is 0 Å². The summed E-state index contributed by atoms with van der Waals surface area (Å²) in [6.45, 7) is 2.57. The maximum Gasteiger partial charge on any atom is 0.327 e. The number of benzene rings is 1. The monoisotopic (exact) mass is 544 g/mol. The molecule has 1 unspecified atom stereocenters. The van der Waals surface area contributed by atoms with E-state index >= 15 is 0 Å². The summed E-state index contributed by atoms with van der Waals surface area (Å²) in [5, 5.41) is 1.52. The van der Waals surface area contributed by atoms with Gasteiger partial charge in [-0.1, -0.05) is 42.1 Å². The molecule has 1 aromatic heterocycles. The molecule has 192 valence electrons. The number of esters is 1. The van der Waals surface area contributed by atoms with Crippen LogP contribution in [0.25, 0.3) is 10.8 Å². The standard InChI is InChI=1S/C24H30Cl2N2O6S/c1-2-32-23(29)24(10-4-5-11-24)28(12-14-34-21-7-3-6-13-33-21)35(30,31)17-8-9-18-19(15-17)22(26)27-16-20(18)25/h8-9,15-16,21H,2-7,10-14H2,1H3. The first kappa shape index (κ1) is 26.6. The van der Waals surface area contributed by atoms with Crippen molar-refractivity contribution in [3.05, 3.63) is 34.6 Å². The van der Waals surface area contributed by atoms with Crippen LogP contribution in [0.4, 0.5) is 0 Å². The number of sulfonamides is 1. The van der Waals surface area contributed by atoms with Gasteiger partial charge in [0.1, 0.15) is 10.7 Å². The maximum absolute atomic E-state index is 14.1. The number of aromatic nitrogens is 1. The quantitative estimate of drug-likeness (QED) is 0.325. The minimum atomic E-state index is -4.15. The Labute approximate surface area is 215 Å². The van der Waals surface area contributed by atoms with E-state index in [2.05, 4.69) is 4.98 Å². The lowest BCUT2D eigenvalue weighted by Gasteiger charge is -2.38. The molecule has 2 fully saturated rings. The van der Waals surface area contributed by atoms with Gasteiger partial charge in [-0.25, -0.2) is 13.4 Å². The molecule has 0 N–H and O–H groups in total. The van der Waals surface area contributed by atoms with Crippen molar-refractivity contribution in [2.75, 3.05) is 26.4 Å². The Morgan fingerprint density at radius 3 is 2.66 bits per heavy atom. The topological polar surface area (TPSA) is 95.0 Å². The van der Waals surface area contributed by atoms with Crippen LogP contribution in [0.2, 0.25) is 10.2 Å².